The van der Waals surface area contributed by atoms with Crippen LogP contribution in [0.5, 0.6) is 0 Å². The van der Waals surface area contributed by atoms with Gasteiger partial charge in [0.25, 0.3) is 0 Å². The van der Waals surface area contributed by atoms with Gasteiger partial charge in [-0.3, -0.25) is 9.20 Å². The Labute approximate surface area is 171 Å². The van der Waals surface area contributed by atoms with Gasteiger partial charge in [0.2, 0.25) is 11.9 Å². The van der Waals surface area contributed by atoms with E-state index in [-0.39, 0.29) is 11.3 Å². The lowest BCUT2D eigenvalue weighted by Gasteiger charge is -2.37. The van der Waals surface area contributed by atoms with Crippen molar-refractivity contribution in [3.63, 3.8) is 0 Å². The summed E-state index contributed by atoms with van der Waals surface area (Å²) in [5, 5.41) is 2.99. The van der Waals surface area contributed by atoms with E-state index in [1.54, 1.807) is 0 Å². The molecule has 2 aliphatic rings. The molecular weight excluding hydrogens is 420 g/mol. The molecule has 1 amide bonds. The van der Waals surface area contributed by atoms with Crippen molar-refractivity contribution in [2.75, 3.05) is 24.5 Å². The van der Waals surface area contributed by atoms with Crippen LogP contribution in [0.25, 0.3) is 17.0 Å². The van der Waals surface area contributed by atoms with E-state index in [1.807, 2.05) is 42.0 Å². The van der Waals surface area contributed by atoms with Gasteiger partial charge in [-0.2, -0.15) is 0 Å². The largest absolute Gasteiger partial charge is 0.356 e. The normalized spacial score (nSPS) is 18.8. The zero-order chi connectivity index (χ0) is 19.3. The van der Waals surface area contributed by atoms with Gasteiger partial charge >= 0.3 is 0 Å². The molecule has 2 fully saturated rings. The Morgan fingerprint density at radius 1 is 1.14 bits per heavy atom. The van der Waals surface area contributed by atoms with Crippen molar-refractivity contribution in [2.45, 2.75) is 26.2 Å². The molecule has 8 heteroatoms. The first-order valence-corrected chi connectivity index (χ1v) is 10.3. The summed E-state index contributed by atoms with van der Waals surface area (Å²) < 4.78 is 3.03. The van der Waals surface area contributed by atoms with Crippen LogP contribution in [-0.2, 0) is 4.79 Å². The number of anilines is 1. The Kier molecular flexibility index (Phi) is 4.12. The number of hydrogen-bond donors (Lipinski definition) is 1. The maximum Gasteiger partial charge on any atom is 0.226 e. The standard InChI is InChI=1S/C20H21BrN6O/c1-13-10-24-19(26-8-5-20(6-9-26)4-7-22-18(20)28)25-17(13)15-11-23-16-3-2-14(21)12-27(15)16/h2-3,10-12H,4-9H2,1H3,(H,22,28). The fourth-order valence-corrected chi connectivity index (χ4v) is 4.64. The van der Waals surface area contributed by atoms with Crippen LogP contribution in [-0.4, -0.2) is 44.9 Å². The predicted octanol–water partition coefficient (Wildman–Crippen LogP) is 2.97. The van der Waals surface area contributed by atoms with Gasteiger partial charge in [-0.1, -0.05) is 0 Å². The van der Waals surface area contributed by atoms with Gasteiger partial charge in [-0.15, -0.1) is 0 Å². The summed E-state index contributed by atoms with van der Waals surface area (Å²) in [6, 6.07) is 3.95. The minimum atomic E-state index is -0.183. The van der Waals surface area contributed by atoms with E-state index < -0.39 is 0 Å². The number of nitrogens with zero attached hydrogens (tertiary/aromatic N) is 5. The second-order valence-corrected chi connectivity index (χ2v) is 8.61. The molecule has 3 aromatic heterocycles. The maximum absolute atomic E-state index is 12.2. The Morgan fingerprint density at radius 2 is 1.96 bits per heavy atom. The van der Waals surface area contributed by atoms with E-state index in [1.165, 1.54) is 0 Å². The van der Waals surface area contributed by atoms with Crippen LogP contribution < -0.4 is 10.2 Å². The van der Waals surface area contributed by atoms with Crippen LogP contribution in [0.1, 0.15) is 24.8 Å². The molecule has 0 aromatic carbocycles. The van der Waals surface area contributed by atoms with E-state index in [4.69, 9.17) is 4.98 Å². The predicted molar refractivity (Wildman–Crippen MR) is 110 cm³/mol. The number of piperidine rings is 1. The minimum absolute atomic E-state index is 0.183. The van der Waals surface area contributed by atoms with Crippen molar-refractivity contribution in [1.82, 2.24) is 24.7 Å². The molecule has 2 saturated heterocycles. The Hall–Kier alpha value is -2.48. The second kappa shape index (κ2) is 6.55. The lowest BCUT2D eigenvalue weighted by Crippen LogP contribution is -2.44. The number of hydrogen-bond acceptors (Lipinski definition) is 5. The summed E-state index contributed by atoms with van der Waals surface area (Å²) in [6.45, 7) is 4.42. The van der Waals surface area contributed by atoms with Crippen LogP contribution >= 0.6 is 15.9 Å². The quantitative estimate of drug-likeness (QED) is 0.662. The highest BCUT2D eigenvalue weighted by Gasteiger charge is 2.44. The average molecular weight is 441 g/mol. The molecule has 7 nitrogen and oxygen atoms in total. The maximum atomic E-state index is 12.2. The van der Waals surface area contributed by atoms with E-state index >= 15 is 0 Å². The van der Waals surface area contributed by atoms with Crippen LogP contribution in [0.4, 0.5) is 5.95 Å². The number of amides is 1. The lowest BCUT2D eigenvalue weighted by atomic mass is 9.77. The van der Waals surface area contributed by atoms with Crippen molar-refractivity contribution in [3.05, 3.63) is 40.8 Å². The molecule has 0 bridgehead atoms. The van der Waals surface area contributed by atoms with E-state index in [0.29, 0.717) is 0 Å². The highest BCUT2D eigenvalue weighted by molar-refractivity contribution is 9.10. The molecule has 1 N–H and O–H groups in total. The van der Waals surface area contributed by atoms with Gasteiger partial charge in [0, 0.05) is 36.5 Å². The number of pyridine rings is 1. The van der Waals surface area contributed by atoms with Gasteiger partial charge in [-0.05, 0) is 59.8 Å². The van der Waals surface area contributed by atoms with Crippen LogP contribution in [0.2, 0.25) is 0 Å². The summed E-state index contributed by atoms with van der Waals surface area (Å²) in [5.74, 6) is 0.938. The number of halogens is 1. The fraction of sp³-hybridized carbons (Fsp3) is 0.400. The Morgan fingerprint density at radius 3 is 2.71 bits per heavy atom. The molecule has 0 aliphatic carbocycles. The third-order valence-electron chi connectivity index (χ3n) is 6.05. The zero-order valence-corrected chi connectivity index (χ0v) is 17.2. The molecule has 144 valence electrons. The van der Waals surface area contributed by atoms with Crippen molar-refractivity contribution in [1.29, 1.82) is 0 Å². The number of aryl methyl sites for hydroxylation is 1. The summed E-state index contributed by atoms with van der Waals surface area (Å²) in [6.07, 6.45) is 8.39. The molecule has 5 rings (SSSR count). The smallest absolute Gasteiger partial charge is 0.226 e. The topological polar surface area (TPSA) is 75.4 Å². The van der Waals surface area contributed by atoms with Gasteiger partial charge in [-0.25, -0.2) is 15.0 Å². The van der Waals surface area contributed by atoms with E-state index in [9.17, 15) is 4.79 Å². The molecule has 3 aromatic rings. The molecule has 0 unspecified atom stereocenters. The Bertz CT molecular complexity index is 1070. The van der Waals surface area contributed by atoms with Gasteiger partial charge < -0.3 is 10.2 Å². The molecule has 1 spiro atoms. The number of carbonyl (C=O) groups excluding carboxylic acids is 1. The number of fused-ring (bicyclic) bond motifs is 1. The molecule has 0 radical (unpaired) electrons. The zero-order valence-electron chi connectivity index (χ0n) is 15.7. The molecule has 5 heterocycles. The molecular formula is C20H21BrN6O. The number of imidazole rings is 1. The minimum Gasteiger partial charge on any atom is -0.356 e. The van der Waals surface area contributed by atoms with Crippen molar-refractivity contribution in [3.8, 4) is 11.4 Å². The monoisotopic (exact) mass is 440 g/mol. The summed E-state index contributed by atoms with van der Waals surface area (Å²) in [7, 11) is 0. The van der Waals surface area contributed by atoms with Gasteiger partial charge in [0.15, 0.2) is 0 Å². The van der Waals surface area contributed by atoms with Crippen molar-refractivity contribution >= 4 is 33.4 Å². The fourth-order valence-electron chi connectivity index (χ4n) is 4.30. The first kappa shape index (κ1) is 17.6. The van der Waals surface area contributed by atoms with Crippen molar-refractivity contribution in [2.24, 2.45) is 5.41 Å². The first-order valence-electron chi connectivity index (χ1n) is 9.56. The lowest BCUT2D eigenvalue weighted by molar-refractivity contribution is -0.128. The third-order valence-corrected chi connectivity index (χ3v) is 6.51. The number of nitrogens with one attached hydrogen (secondary N) is 1. The first-order chi connectivity index (χ1) is 13.6. The summed E-state index contributed by atoms with van der Waals surface area (Å²) in [4.78, 5) is 28.4. The van der Waals surface area contributed by atoms with E-state index in [2.05, 4.69) is 36.1 Å². The number of carbonyl (C=O) groups is 1. The Balaban J connectivity index is 1.47. The summed E-state index contributed by atoms with van der Waals surface area (Å²) in [5.41, 5.74) is 3.53. The second-order valence-electron chi connectivity index (χ2n) is 7.69. The SMILES string of the molecule is Cc1cnc(N2CCC3(CCNC3=O)CC2)nc1-c1cnc2ccc(Br)cn12. The van der Waals surface area contributed by atoms with Crippen LogP contribution in [0, 0.1) is 12.3 Å². The number of rotatable bonds is 2. The molecule has 0 atom stereocenters. The van der Waals surface area contributed by atoms with Crippen molar-refractivity contribution < 1.29 is 4.79 Å². The summed E-state index contributed by atoms with van der Waals surface area (Å²) >= 11 is 3.53. The van der Waals surface area contributed by atoms with Crippen LogP contribution in [0.15, 0.2) is 35.2 Å². The third kappa shape index (κ3) is 2.78. The molecule has 28 heavy (non-hydrogen) atoms. The highest BCUT2D eigenvalue weighted by Crippen LogP contribution is 2.39. The van der Waals surface area contributed by atoms with Gasteiger partial charge in [0.1, 0.15) is 5.65 Å². The van der Waals surface area contributed by atoms with Gasteiger partial charge in [0.05, 0.1) is 23.0 Å². The van der Waals surface area contributed by atoms with E-state index in [0.717, 1.165) is 71.9 Å². The molecule has 2 aliphatic heterocycles. The molecule has 0 saturated carbocycles. The number of aromatic nitrogens is 4. The highest BCUT2D eigenvalue weighted by atomic mass is 79.9. The average Bonchev–Trinajstić information content (AvgIpc) is 3.27. The van der Waals surface area contributed by atoms with Crippen LogP contribution in [0.3, 0.4) is 0 Å².